The summed E-state index contributed by atoms with van der Waals surface area (Å²) in [7, 11) is 2.47. The number of carbonyl (C=O) groups excluding carboxylic acids is 2. The first-order valence-electron chi connectivity index (χ1n) is 8.13. The van der Waals surface area contributed by atoms with Crippen LogP contribution in [0.5, 0.6) is 0 Å². The van der Waals surface area contributed by atoms with Crippen molar-refractivity contribution in [3.05, 3.63) is 65.9 Å². The summed E-state index contributed by atoms with van der Waals surface area (Å²) in [6.07, 6.45) is 1.04. The molecule has 0 amide bonds. The molecule has 0 bridgehead atoms. The number of nitrogens with one attached hydrogen (secondary N) is 1. The molecule has 1 N–H and O–H groups in total. The number of rotatable bonds is 6. The van der Waals surface area contributed by atoms with E-state index in [2.05, 4.69) is 25.1 Å². The Bertz CT molecular complexity index is 992. The van der Waals surface area contributed by atoms with E-state index in [0.29, 0.717) is 12.2 Å². The van der Waals surface area contributed by atoms with Crippen LogP contribution in [-0.4, -0.2) is 41.2 Å². The minimum Gasteiger partial charge on any atom is -0.466 e. The van der Waals surface area contributed by atoms with Gasteiger partial charge < -0.3 is 14.8 Å². The topological polar surface area (TPSA) is 95.3 Å². The predicted octanol–water partition coefficient (Wildman–Crippen LogP) is 2.12. The van der Waals surface area contributed by atoms with E-state index in [0.717, 1.165) is 22.7 Å². The fourth-order valence-corrected chi connectivity index (χ4v) is 2.49. The lowest BCUT2D eigenvalue weighted by Crippen LogP contribution is -2.15. The summed E-state index contributed by atoms with van der Waals surface area (Å²) in [5, 5.41) is 11.2. The average Bonchev–Trinajstić information content (AvgIpc) is 3.11. The van der Waals surface area contributed by atoms with Crippen LogP contribution in [0.4, 0.5) is 5.69 Å². The summed E-state index contributed by atoms with van der Waals surface area (Å²) >= 11 is 0. The van der Waals surface area contributed by atoms with Crippen LogP contribution >= 0.6 is 0 Å². The predicted molar refractivity (Wildman–Crippen MR) is 98.8 cm³/mol. The van der Waals surface area contributed by atoms with Gasteiger partial charge >= 0.3 is 11.9 Å². The van der Waals surface area contributed by atoms with Crippen molar-refractivity contribution in [2.45, 2.75) is 6.54 Å². The zero-order chi connectivity index (χ0) is 19.2. The summed E-state index contributed by atoms with van der Waals surface area (Å²) in [5.74, 6) is -1.32. The lowest BCUT2D eigenvalue weighted by atomic mass is 10.2. The third kappa shape index (κ3) is 4.30. The maximum Gasteiger partial charge on any atom is 0.354 e. The maximum atomic E-state index is 11.8. The molecule has 8 nitrogen and oxygen atoms in total. The van der Waals surface area contributed by atoms with Crippen LogP contribution < -0.4 is 5.32 Å². The van der Waals surface area contributed by atoms with E-state index in [-0.39, 0.29) is 5.70 Å². The Hall–Kier alpha value is -3.68. The molecule has 3 aromatic rings. The van der Waals surface area contributed by atoms with Gasteiger partial charge in [0, 0.05) is 5.69 Å². The Morgan fingerprint density at radius 3 is 2.52 bits per heavy atom. The molecule has 27 heavy (non-hydrogen) atoms. The van der Waals surface area contributed by atoms with Gasteiger partial charge in [-0.15, -0.1) is 5.10 Å². The molecule has 0 atom stereocenters. The Labute approximate surface area is 155 Å². The van der Waals surface area contributed by atoms with Crippen LogP contribution in [0.3, 0.4) is 0 Å². The first-order valence-corrected chi connectivity index (χ1v) is 8.13. The molecule has 0 radical (unpaired) electrons. The van der Waals surface area contributed by atoms with Crippen LogP contribution in [0.2, 0.25) is 0 Å². The fraction of sp³-hybridized carbons (Fsp3) is 0.158. The van der Waals surface area contributed by atoms with Gasteiger partial charge in [-0.1, -0.05) is 29.5 Å². The standard InChI is InChI=1S/C19H18N4O4/c1-26-18(24)11-16(19(25)27-2)20-14-9-7-13(8-10-14)12-23-17-6-4-3-5-15(17)21-22-23/h3-11,20H,12H2,1-2H3/b16-11+. The van der Waals surface area contributed by atoms with E-state index in [1.54, 1.807) is 12.1 Å². The molecule has 8 heteroatoms. The molecule has 0 saturated carbocycles. The lowest BCUT2D eigenvalue weighted by molar-refractivity contribution is -0.138. The summed E-state index contributed by atoms with van der Waals surface area (Å²) in [6, 6.07) is 15.1. The number of carbonyl (C=O) groups is 2. The molecular formula is C19H18N4O4. The lowest BCUT2D eigenvalue weighted by Gasteiger charge is -2.10. The van der Waals surface area contributed by atoms with E-state index >= 15 is 0 Å². The quantitative estimate of drug-likeness (QED) is 0.527. The monoisotopic (exact) mass is 366 g/mol. The highest BCUT2D eigenvalue weighted by atomic mass is 16.5. The highest BCUT2D eigenvalue weighted by Crippen LogP contribution is 2.16. The van der Waals surface area contributed by atoms with Crippen molar-refractivity contribution in [2.24, 2.45) is 0 Å². The molecule has 0 aliphatic rings. The van der Waals surface area contributed by atoms with Gasteiger partial charge in [-0.05, 0) is 29.8 Å². The number of esters is 2. The number of hydrogen-bond donors (Lipinski definition) is 1. The third-order valence-electron chi connectivity index (χ3n) is 3.85. The smallest absolute Gasteiger partial charge is 0.354 e. The van der Waals surface area contributed by atoms with Gasteiger partial charge in [0.2, 0.25) is 0 Å². The molecule has 2 aromatic carbocycles. The minimum absolute atomic E-state index is 0.0145. The summed E-state index contributed by atoms with van der Waals surface area (Å²) in [6.45, 7) is 0.558. The van der Waals surface area contributed by atoms with Crippen molar-refractivity contribution in [3.8, 4) is 0 Å². The fourth-order valence-electron chi connectivity index (χ4n) is 2.49. The zero-order valence-electron chi connectivity index (χ0n) is 14.9. The van der Waals surface area contributed by atoms with E-state index in [1.807, 2.05) is 41.1 Å². The number of anilines is 1. The van der Waals surface area contributed by atoms with E-state index in [4.69, 9.17) is 0 Å². The van der Waals surface area contributed by atoms with Gasteiger partial charge in [0.05, 0.1) is 32.4 Å². The zero-order valence-corrected chi connectivity index (χ0v) is 14.9. The maximum absolute atomic E-state index is 11.8. The van der Waals surface area contributed by atoms with Crippen LogP contribution in [0.15, 0.2) is 60.3 Å². The van der Waals surface area contributed by atoms with Crippen LogP contribution in [0, 0.1) is 0 Å². The molecule has 0 spiro atoms. The minimum atomic E-state index is -0.668. The molecule has 138 valence electrons. The molecule has 1 aromatic heterocycles. The second-order valence-electron chi connectivity index (χ2n) is 5.63. The molecule has 1 heterocycles. The number of para-hydroxylation sites is 1. The Morgan fingerprint density at radius 1 is 1.07 bits per heavy atom. The second-order valence-corrected chi connectivity index (χ2v) is 5.63. The number of hydrogen-bond acceptors (Lipinski definition) is 7. The SMILES string of the molecule is COC(=O)/C=C(/Nc1ccc(Cn2nnc3ccccc32)cc1)C(=O)OC. The Kier molecular flexibility index (Phi) is 5.46. The van der Waals surface area contributed by atoms with Crippen LogP contribution in [0.1, 0.15) is 5.56 Å². The molecule has 0 aliphatic carbocycles. The van der Waals surface area contributed by atoms with Crippen molar-refractivity contribution in [3.63, 3.8) is 0 Å². The van der Waals surface area contributed by atoms with Crippen LogP contribution in [0.25, 0.3) is 11.0 Å². The molecule has 3 rings (SSSR count). The number of nitrogens with zero attached hydrogens (tertiary/aromatic N) is 3. The highest BCUT2D eigenvalue weighted by molar-refractivity contribution is 5.98. The van der Waals surface area contributed by atoms with Gasteiger partial charge in [0.15, 0.2) is 0 Å². The number of methoxy groups -OCH3 is 2. The normalized spacial score (nSPS) is 11.3. The highest BCUT2D eigenvalue weighted by Gasteiger charge is 2.13. The number of aromatic nitrogens is 3. The van der Waals surface area contributed by atoms with Crippen molar-refractivity contribution in [2.75, 3.05) is 19.5 Å². The van der Waals surface area contributed by atoms with E-state index in [1.165, 1.54) is 14.2 Å². The Morgan fingerprint density at radius 2 is 1.81 bits per heavy atom. The van der Waals surface area contributed by atoms with Gasteiger partial charge in [-0.2, -0.15) is 0 Å². The van der Waals surface area contributed by atoms with Crippen molar-refractivity contribution in [1.82, 2.24) is 15.0 Å². The van der Waals surface area contributed by atoms with E-state index < -0.39 is 11.9 Å². The molecule has 0 saturated heterocycles. The van der Waals surface area contributed by atoms with Gasteiger partial charge in [0.1, 0.15) is 11.2 Å². The third-order valence-corrected chi connectivity index (χ3v) is 3.85. The van der Waals surface area contributed by atoms with Crippen molar-refractivity contribution in [1.29, 1.82) is 0 Å². The average molecular weight is 366 g/mol. The first kappa shape index (κ1) is 18.1. The molecule has 0 unspecified atom stereocenters. The van der Waals surface area contributed by atoms with E-state index in [9.17, 15) is 9.59 Å². The number of ether oxygens (including phenoxy) is 2. The number of fused-ring (bicyclic) bond motifs is 1. The molecular weight excluding hydrogens is 348 g/mol. The molecule has 0 aliphatic heterocycles. The largest absolute Gasteiger partial charge is 0.466 e. The summed E-state index contributed by atoms with van der Waals surface area (Å²) in [5.41, 5.74) is 3.41. The summed E-state index contributed by atoms with van der Waals surface area (Å²) in [4.78, 5) is 23.2. The number of benzene rings is 2. The second kappa shape index (κ2) is 8.13. The first-order chi connectivity index (χ1) is 13.1. The van der Waals surface area contributed by atoms with Crippen molar-refractivity contribution >= 4 is 28.7 Å². The summed E-state index contributed by atoms with van der Waals surface area (Å²) < 4.78 is 11.0. The molecule has 0 fully saturated rings. The van der Waals surface area contributed by atoms with Gasteiger partial charge in [-0.25, -0.2) is 14.3 Å². The van der Waals surface area contributed by atoms with Crippen molar-refractivity contribution < 1.29 is 19.1 Å². The van der Waals surface area contributed by atoms with Gasteiger partial charge in [-0.3, -0.25) is 0 Å². The Balaban J connectivity index is 1.75. The van der Waals surface area contributed by atoms with Gasteiger partial charge in [0.25, 0.3) is 0 Å². The van der Waals surface area contributed by atoms with Crippen LogP contribution in [-0.2, 0) is 25.6 Å².